The molecule has 1 saturated heterocycles. The normalized spacial score (nSPS) is 14.9. The lowest BCUT2D eigenvalue weighted by atomic mass is 10.1. The van der Waals surface area contributed by atoms with E-state index in [1.807, 2.05) is 52.0 Å². The molecule has 0 radical (unpaired) electrons. The second-order valence-electron chi connectivity index (χ2n) is 8.44. The lowest BCUT2D eigenvalue weighted by molar-refractivity contribution is -0.123. The van der Waals surface area contributed by atoms with Crippen LogP contribution in [0, 0.1) is 0 Å². The molecular weight excluding hydrogens is 517 g/mol. The van der Waals surface area contributed by atoms with E-state index in [-0.39, 0.29) is 35.9 Å². The minimum Gasteiger partial charge on any atom is -0.363 e. The molecule has 2 N–H and O–H groups in total. The molecule has 0 atom stereocenters. The van der Waals surface area contributed by atoms with Crippen LogP contribution in [0.25, 0.3) is 10.9 Å². The molecule has 9 heteroatoms. The molecular formula is C23H36IN7O. The predicted octanol–water partition coefficient (Wildman–Crippen LogP) is 2.14. The van der Waals surface area contributed by atoms with E-state index in [9.17, 15) is 4.79 Å². The summed E-state index contributed by atoms with van der Waals surface area (Å²) in [7, 11) is 5.84. The standard InChI is InChI=1S/C23H35N7O.HI/c1-17(2)26-22(31)16-29-10-12-30(13-11-29)23(24-3)25-15-18-14-21(28(4)5)27-20-9-7-6-8-19(18)20;/h6-9,14,17H,10-13,15-16H2,1-5H3,(H,24,25)(H,26,31);1H. The maximum absolute atomic E-state index is 12.0. The molecule has 1 fully saturated rings. The van der Waals surface area contributed by atoms with Crippen molar-refractivity contribution in [3.05, 3.63) is 35.9 Å². The highest BCUT2D eigenvalue weighted by molar-refractivity contribution is 14.0. The monoisotopic (exact) mass is 553 g/mol. The van der Waals surface area contributed by atoms with Crippen LogP contribution in [0.15, 0.2) is 35.3 Å². The van der Waals surface area contributed by atoms with Crippen LogP contribution < -0.4 is 15.5 Å². The zero-order chi connectivity index (χ0) is 22.4. The van der Waals surface area contributed by atoms with Crippen LogP contribution >= 0.6 is 24.0 Å². The first-order valence-corrected chi connectivity index (χ1v) is 10.9. The molecule has 0 aliphatic carbocycles. The molecule has 2 aromatic rings. The smallest absolute Gasteiger partial charge is 0.234 e. The number of hydrogen-bond acceptors (Lipinski definition) is 5. The first-order valence-electron chi connectivity index (χ1n) is 10.9. The Morgan fingerprint density at radius 2 is 1.88 bits per heavy atom. The van der Waals surface area contributed by atoms with Crippen molar-refractivity contribution >= 4 is 52.6 Å². The fourth-order valence-electron chi connectivity index (χ4n) is 3.80. The average Bonchev–Trinajstić information content (AvgIpc) is 2.74. The molecule has 0 spiro atoms. The van der Waals surface area contributed by atoms with Crippen LogP contribution in [-0.4, -0.2) is 86.6 Å². The van der Waals surface area contributed by atoms with Gasteiger partial charge in [0, 0.05) is 65.3 Å². The third-order valence-electron chi connectivity index (χ3n) is 5.38. The van der Waals surface area contributed by atoms with Gasteiger partial charge >= 0.3 is 0 Å². The van der Waals surface area contributed by atoms with Gasteiger partial charge in [-0.1, -0.05) is 18.2 Å². The van der Waals surface area contributed by atoms with Crippen molar-refractivity contribution in [2.75, 3.05) is 58.8 Å². The first-order chi connectivity index (χ1) is 14.9. The average molecular weight is 553 g/mol. The Balaban J connectivity index is 0.00000363. The van der Waals surface area contributed by atoms with Crippen molar-refractivity contribution < 1.29 is 4.79 Å². The van der Waals surface area contributed by atoms with E-state index in [4.69, 9.17) is 4.98 Å². The molecule has 1 aromatic carbocycles. The number of piperazine rings is 1. The maximum Gasteiger partial charge on any atom is 0.234 e. The van der Waals surface area contributed by atoms with Crippen molar-refractivity contribution in [3.8, 4) is 0 Å². The summed E-state index contributed by atoms with van der Waals surface area (Å²) in [5, 5.41) is 7.64. The number of pyridine rings is 1. The van der Waals surface area contributed by atoms with E-state index in [1.165, 1.54) is 5.56 Å². The van der Waals surface area contributed by atoms with Gasteiger partial charge in [0.15, 0.2) is 5.96 Å². The van der Waals surface area contributed by atoms with Crippen molar-refractivity contribution in [1.29, 1.82) is 0 Å². The van der Waals surface area contributed by atoms with Crippen LogP contribution in [0.5, 0.6) is 0 Å². The molecule has 0 unspecified atom stereocenters. The Hall–Kier alpha value is -2.14. The van der Waals surface area contributed by atoms with Crippen molar-refractivity contribution in [2.24, 2.45) is 4.99 Å². The fourth-order valence-corrected chi connectivity index (χ4v) is 3.80. The SMILES string of the molecule is CN=C(NCc1cc(N(C)C)nc2ccccc12)N1CCN(CC(=O)NC(C)C)CC1.I. The fraction of sp³-hybridized carbons (Fsp3) is 0.522. The molecule has 32 heavy (non-hydrogen) atoms. The number of halogens is 1. The lowest BCUT2D eigenvalue weighted by Gasteiger charge is -2.36. The maximum atomic E-state index is 12.0. The number of anilines is 1. The number of aromatic nitrogens is 1. The van der Waals surface area contributed by atoms with Gasteiger partial charge in [-0.05, 0) is 31.5 Å². The molecule has 0 bridgehead atoms. The molecule has 8 nitrogen and oxygen atoms in total. The van der Waals surface area contributed by atoms with Gasteiger partial charge in [0.2, 0.25) is 5.91 Å². The molecule has 3 rings (SSSR count). The number of amides is 1. The lowest BCUT2D eigenvalue weighted by Crippen LogP contribution is -2.54. The second-order valence-corrected chi connectivity index (χ2v) is 8.44. The number of aliphatic imine (C=N–C) groups is 1. The Morgan fingerprint density at radius 3 is 2.50 bits per heavy atom. The second kappa shape index (κ2) is 12.2. The predicted molar refractivity (Wildman–Crippen MR) is 143 cm³/mol. The largest absolute Gasteiger partial charge is 0.363 e. The van der Waals surface area contributed by atoms with Crippen LogP contribution in [0.2, 0.25) is 0 Å². The molecule has 1 amide bonds. The summed E-state index contributed by atoms with van der Waals surface area (Å²) in [6, 6.07) is 10.5. The highest BCUT2D eigenvalue weighted by Crippen LogP contribution is 2.22. The third-order valence-corrected chi connectivity index (χ3v) is 5.38. The minimum absolute atomic E-state index is 0. The number of para-hydroxylation sites is 1. The van der Waals surface area contributed by atoms with E-state index >= 15 is 0 Å². The van der Waals surface area contributed by atoms with Gasteiger partial charge in [0.05, 0.1) is 12.1 Å². The number of nitrogens with one attached hydrogen (secondary N) is 2. The number of rotatable bonds is 6. The molecule has 176 valence electrons. The summed E-state index contributed by atoms with van der Waals surface area (Å²) >= 11 is 0. The molecule has 1 aliphatic rings. The van der Waals surface area contributed by atoms with E-state index in [1.54, 1.807) is 0 Å². The zero-order valence-electron chi connectivity index (χ0n) is 19.8. The van der Waals surface area contributed by atoms with Gasteiger partial charge in [-0.2, -0.15) is 0 Å². The number of fused-ring (bicyclic) bond motifs is 1. The topological polar surface area (TPSA) is 76.1 Å². The summed E-state index contributed by atoms with van der Waals surface area (Å²) in [5.74, 6) is 1.92. The van der Waals surface area contributed by atoms with Gasteiger partial charge in [0.25, 0.3) is 0 Å². The van der Waals surface area contributed by atoms with Gasteiger partial charge in [-0.15, -0.1) is 24.0 Å². The number of benzene rings is 1. The van der Waals surface area contributed by atoms with Crippen molar-refractivity contribution in [1.82, 2.24) is 25.4 Å². The van der Waals surface area contributed by atoms with Crippen molar-refractivity contribution in [3.63, 3.8) is 0 Å². The minimum atomic E-state index is 0. The van der Waals surface area contributed by atoms with Gasteiger partial charge in [-0.3, -0.25) is 14.7 Å². The Bertz CT molecular complexity index is 924. The van der Waals surface area contributed by atoms with Crippen LogP contribution in [0.4, 0.5) is 5.82 Å². The number of nitrogens with zero attached hydrogens (tertiary/aromatic N) is 5. The van der Waals surface area contributed by atoms with Crippen LogP contribution in [0.3, 0.4) is 0 Å². The van der Waals surface area contributed by atoms with E-state index in [0.29, 0.717) is 13.1 Å². The Labute approximate surface area is 208 Å². The van der Waals surface area contributed by atoms with Gasteiger partial charge < -0.3 is 20.4 Å². The molecule has 0 saturated carbocycles. The summed E-state index contributed by atoms with van der Waals surface area (Å²) in [5.41, 5.74) is 2.19. The zero-order valence-corrected chi connectivity index (χ0v) is 22.1. The molecule has 1 aromatic heterocycles. The third kappa shape index (κ3) is 6.93. The van der Waals surface area contributed by atoms with Gasteiger partial charge in [0.1, 0.15) is 5.82 Å². The van der Waals surface area contributed by atoms with E-state index in [0.717, 1.165) is 48.9 Å². The summed E-state index contributed by atoms with van der Waals surface area (Å²) in [4.78, 5) is 27.7. The molecule has 2 heterocycles. The highest BCUT2D eigenvalue weighted by Gasteiger charge is 2.21. The number of carbonyl (C=O) groups is 1. The molecule has 1 aliphatic heterocycles. The first kappa shape index (κ1) is 26.1. The summed E-state index contributed by atoms with van der Waals surface area (Å²) in [6.07, 6.45) is 0. The number of carbonyl (C=O) groups excluding carboxylic acids is 1. The van der Waals surface area contributed by atoms with E-state index < -0.39 is 0 Å². The summed E-state index contributed by atoms with van der Waals surface area (Å²) < 4.78 is 0. The number of guanidine groups is 1. The van der Waals surface area contributed by atoms with Crippen molar-refractivity contribution in [2.45, 2.75) is 26.4 Å². The highest BCUT2D eigenvalue weighted by atomic mass is 127. The van der Waals surface area contributed by atoms with Gasteiger partial charge in [-0.25, -0.2) is 4.98 Å². The quantitative estimate of drug-likeness (QED) is 0.325. The van der Waals surface area contributed by atoms with Crippen LogP contribution in [-0.2, 0) is 11.3 Å². The number of hydrogen-bond donors (Lipinski definition) is 2. The van der Waals surface area contributed by atoms with Crippen LogP contribution in [0.1, 0.15) is 19.4 Å². The Morgan fingerprint density at radius 1 is 1.19 bits per heavy atom. The van der Waals surface area contributed by atoms with E-state index in [2.05, 4.69) is 43.6 Å². The summed E-state index contributed by atoms with van der Waals surface area (Å²) in [6.45, 7) is 8.47. The Kier molecular flexibility index (Phi) is 9.95.